The number of nitrogens with one attached hydrogen (secondary N) is 2. The number of para-hydroxylation sites is 2. The minimum absolute atomic E-state index is 0.0564. The smallest absolute Gasteiger partial charge is 0.319 e. The Labute approximate surface area is 118 Å². The molecule has 3 N–H and O–H groups in total. The van der Waals surface area contributed by atoms with Crippen LogP contribution in [0.1, 0.15) is 13.8 Å². The first kappa shape index (κ1) is 15.8. The lowest BCUT2D eigenvalue weighted by atomic mass is 9.96. The summed E-state index contributed by atoms with van der Waals surface area (Å²) in [7, 11) is 1.51. The number of rotatable bonds is 6. The predicted molar refractivity (Wildman–Crippen MR) is 76.0 cm³/mol. The van der Waals surface area contributed by atoms with Gasteiger partial charge < -0.3 is 20.5 Å². The lowest BCUT2D eigenvalue weighted by Gasteiger charge is -2.17. The van der Waals surface area contributed by atoms with Crippen molar-refractivity contribution < 1.29 is 19.4 Å². The van der Waals surface area contributed by atoms with Crippen LogP contribution in [0.3, 0.4) is 0 Å². The Morgan fingerprint density at radius 2 is 1.95 bits per heavy atom. The highest BCUT2D eigenvalue weighted by atomic mass is 16.5. The van der Waals surface area contributed by atoms with Crippen LogP contribution in [0.25, 0.3) is 0 Å². The van der Waals surface area contributed by atoms with E-state index in [4.69, 9.17) is 9.84 Å². The summed E-state index contributed by atoms with van der Waals surface area (Å²) in [6.07, 6.45) is 0. The largest absolute Gasteiger partial charge is 0.495 e. The van der Waals surface area contributed by atoms with Crippen LogP contribution in [0.2, 0.25) is 0 Å². The van der Waals surface area contributed by atoms with Crippen LogP contribution in [0.15, 0.2) is 24.3 Å². The molecule has 0 saturated heterocycles. The van der Waals surface area contributed by atoms with E-state index in [1.165, 1.54) is 7.11 Å². The minimum atomic E-state index is -0.919. The van der Waals surface area contributed by atoms with Crippen LogP contribution in [0, 0.1) is 11.8 Å². The van der Waals surface area contributed by atoms with E-state index in [0.717, 1.165) is 0 Å². The van der Waals surface area contributed by atoms with Gasteiger partial charge in [-0.1, -0.05) is 26.0 Å². The molecule has 1 aromatic rings. The van der Waals surface area contributed by atoms with Crippen LogP contribution in [0.5, 0.6) is 5.75 Å². The van der Waals surface area contributed by atoms with Gasteiger partial charge in [0.1, 0.15) is 5.75 Å². The monoisotopic (exact) mass is 280 g/mol. The number of hydrogen-bond donors (Lipinski definition) is 3. The molecule has 6 nitrogen and oxygen atoms in total. The highest BCUT2D eigenvalue weighted by molar-refractivity contribution is 5.91. The summed E-state index contributed by atoms with van der Waals surface area (Å²) in [4.78, 5) is 22.8. The molecule has 0 saturated carbocycles. The summed E-state index contributed by atoms with van der Waals surface area (Å²) < 4.78 is 5.11. The van der Waals surface area contributed by atoms with Crippen molar-refractivity contribution in [2.24, 2.45) is 11.8 Å². The Bertz CT molecular complexity index is 474. The molecule has 0 aliphatic heterocycles. The number of carboxylic acid groups (broad SMARTS) is 1. The number of hydrogen-bond acceptors (Lipinski definition) is 3. The third-order valence-electron chi connectivity index (χ3n) is 2.96. The number of carbonyl (C=O) groups is 2. The van der Waals surface area contributed by atoms with Crippen molar-refractivity contribution in [3.8, 4) is 5.75 Å². The number of methoxy groups -OCH3 is 1. The average Bonchev–Trinajstić information content (AvgIpc) is 2.38. The van der Waals surface area contributed by atoms with Crippen LogP contribution < -0.4 is 15.4 Å². The first-order valence-corrected chi connectivity index (χ1v) is 6.36. The molecule has 0 radical (unpaired) electrons. The zero-order valence-corrected chi connectivity index (χ0v) is 11.8. The second-order valence-electron chi connectivity index (χ2n) is 4.72. The fourth-order valence-electron chi connectivity index (χ4n) is 1.73. The van der Waals surface area contributed by atoms with Crippen molar-refractivity contribution in [1.82, 2.24) is 5.32 Å². The number of anilines is 1. The summed E-state index contributed by atoms with van der Waals surface area (Å²) >= 11 is 0. The molecular formula is C14H20N2O4. The van der Waals surface area contributed by atoms with Gasteiger partial charge >= 0.3 is 12.0 Å². The Morgan fingerprint density at radius 3 is 2.50 bits per heavy atom. The van der Waals surface area contributed by atoms with E-state index in [9.17, 15) is 9.59 Å². The fraction of sp³-hybridized carbons (Fsp3) is 0.429. The Hall–Kier alpha value is -2.24. The van der Waals surface area contributed by atoms with Crippen molar-refractivity contribution in [2.75, 3.05) is 19.0 Å². The molecule has 1 unspecified atom stereocenters. The second kappa shape index (κ2) is 7.37. The topological polar surface area (TPSA) is 87.7 Å². The van der Waals surface area contributed by atoms with Gasteiger partial charge in [-0.05, 0) is 18.1 Å². The molecule has 6 heteroatoms. The molecule has 110 valence electrons. The normalized spacial score (nSPS) is 11.8. The quantitative estimate of drug-likeness (QED) is 0.745. The molecule has 2 amide bonds. The van der Waals surface area contributed by atoms with E-state index in [0.29, 0.717) is 11.4 Å². The van der Waals surface area contributed by atoms with Gasteiger partial charge in [0.25, 0.3) is 0 Å². The van der Waals surface area contributed by atoms with Gasteiger partial charge in [-0.15, -0.1) is 0 Å². The third-order valence-corrected chi connectivity index (χ3v) is 2.96. The van der Waals surface area contributed by atoms with Crippen molar-refractivity contribution in [1.29, 1.82) is 0 Å². The fourth-order valence-corrected chi connectivity index (χ4v) is 1.73. The molecule has 0 aliphatic rings. The molecule has 1 aromatic carbocycles. The molecule has 0 heterocycles. The average molecular weight is 280 g/mol. The predicted octanol–water partition coefficient (Wildman–Crippen LogP) is 2.17. The van der Waals surface area contributed by atoms with Gasteiger partial charge in [-0.25, -0.2) is 4.79 Å². The summed E-state index contributed by atoms with van der Waals surface area (Å²) in [5.41, 5.74) is 0.531. The van der Waals surface area contributed by atoms with Gasteiger partial charge in [0.2, 0.25) is 0 Å². The summed E-state index contributed by atoms with van der Waals surface area (Å²) in [6, 6.07) is 6.54. The van der Waals surface area contributed by atoms with Crippen LogP contribution in [-0.2, 0) is 4.79 Å². The standard InChI is InChI=1S/C14H20N2O4/c1-9(2)10(13(17)18)8-15-14(19)16-11-6-4-5-7-12(11)20-3/h4-7,9-10H,8H2,1-3H3,(H,17,18)(H2,15,16,19). The van der Waals surface area contributed by atoms with E-state index in [1.807, 2.05) is 0 Å². The number of ether oxygens (including phenoxy) is 1. The van der Waals surface area contributed by atoms with Crippen molar-refractivity contribution in [2.45, 2.75) is 13.8 Å². The van der Waals surface area contributed by atoms with Gasteiger partial charge in [0, 0.05) is 6.54 Å². The minimum Gasteiger partial charge on any atom is -0.495 e. The van der Waals surface area contributed by atoms with Gasteiger partial charge in [0.05, 0.1) is 18.7 Å². The maximum absolute atomic E-state index is 11.8. The van der Waals surface area contributed by atoms with E-state index in [-0.39, 0.29) is 12.5 Å². The van der Waals surface area contributed by atoms with Crippen molar-refractivity contribution >= 4 is 17.7 Å². The van der Waals surface area contributed by atoms with Crippen LogP contribution >= 0.6 is 0 Å². The Morgan fingerprint density at radius 1 is 1.30 bits per heavy atom. The van der Waals surface area contributed by atoms with Crippen LogP contribution in [0.4, 0.5) is 10.5 Å². The van der Waals surface area contributed by atoms with Crippen molar-refractivity contribution in [3.05, 3.63) is 24.3 Å². The SMILES string of the molecule is COc1ccccc1NC(=O)NCC(C(=O)O)C(C)C. The Kier molecular flexibility index (Phi) is 5.83. The molecule has 20 heavy (non-hydrogen) atoms. The maximum atomic E-state index is 11.8. The first-order valence-electron chi connectivity index (χ1n) is 6.36. The Balaban J connectivity index is 2.57. The highest BCUT2D eigenvalue weighted by Gasteiger charge is 2.22. The molecular weight excluding hydrogens is 260 g/mol. The van der Waals surface area contributed by atoms with Gasteiger partial charge in [0.15, 0.2) is 0 Å². The van der Waals surface area contributed by atoms with Crippen LogP contribution in [-0.4, -0.2) is 30.8 Å². The van der Waals surface area contributed by atoms with E-state index in [1.54, 1.807) is 38.1 Å². The first-order chi connectivity index (χ1) is 9.45. The molecule has 0 aliphatic carbocycles. The summed E-state index contributed by atoms with van der Waals surface area (Å²) in [5, 5.41) is 14.2. The number of urea groups is 1. The molecule has 1 atom stereocenters. The number of carbonyl (C=O) groups excluding carboxylic acids is 1. The third kappa shape index (κ3) is 4.46. The number of carboxylic acids is 1. The maximum Gasteiger partial charge on any atom is 0.319 e. The summed E-state index contributed by atoms with van der Waals surface area (Å²) in [5.74, 6) is -1.05. The zero-order chi connectivity index (χ0) is 15.1. The molecule has 0 fully saturated rings. The lowest BCUT2D eigenvalue weighted by Crippen LogP contribution is -2.37. The lowest BCUT2D eigenvalue weighted by molar-refractivity contribution is -0.142. The molecule has 0 bridgehead atoms. The summed E-state index contributed by atoms with van der Waals surface area (Å²) in [6.45, 7) is 3.69. The van der Waals surface area contributed by atoms with E-state index >= 15 is 0 Å². The molecule has 0 aromatic heterocycles. The van der Waals surface area contributed by atoms with Gasteiger partial charge in [-0.2, -0.15) is 0 Å². The number of aliphatic carboxylic acids is 1. The number of amides is 2. The number of benzene rings is 1. The van der Waals surface area contributed by atoms with Gasteiger partial charge in [-0.3, -0.25) is 4.79 Å². The van der Waals surface area contributed by atoms with Crippen molar-refractivity contribution in [3.63, 3.8) is 0 Å². The molecule has 0 spiro atoms. The molecule has 1 rings (SSSR count). The highest BCUT2D eigenvalue weighted by Crippen LogP contribution is 2.22. The second-order valence-corrected chi connectivity index (χ2v) is 4.72. The van der Waals surface area contributed by atoms with E-state index in [2.05, 4.69) is 10.6 Å². The zero-order valence-electron chi connectivity index (χ0n) is 11.8. The van der Waals surface area contributed by atoms with E-state index < -0.39 is 17.9 Å².